The summed E-state index contributed by atoms with van der Waals surface area (Å²) >= 11 is 5.42. The molecule has 2 unspecified atom stereocenters. The number of carbonyl (C=O) groups excluding carboxylic acids is 1. The quantitative estimate of drug-likeness (QED) is 0.0191. The second-order valence-electron chi connectivity index (χ2n) is 13.0. The highest BCUT2D eigenvalue weighted by atomic mass is 32.1. The fourth-order valence-corrected chi connectivity index (χ4v) is 6.75. The van der Waals surface area contributed by atoms with Gasteiger partial charge in [0, 0.05) is 32.1 Å². The maximum atomic E-state index is 12.3. The Labute approximate surface area is 308 Å². The van der Waals surface area contributed by atoms with Crippen molar-refractivity contribution in [2.45, 2.75) is 141 Å². The number of phosphoric acid groups is 1. The highest BCUT2D eigenvalue weighted by Crippen LogP contribution is 2.48. The average molecular weight is 737 g/mol. The smallest absolute Gasteiger partial charge is 0.431 e. The summed E-state index contributed by atoms with van der Waals surface area (Å²) in [6.07, 6.45) is 22.0. The Balaban J connectivity index is 1.55. The lowest BCUT2D eigenvalue weighted by molar-refractivity contribution is -0.0303. The first-order valence-corrected chi connectivity index (χ1v) is 20.6. The number of rotatable bonds is 28. The molecule has 0 aromatic heterocycles. The van der Waals surface area contributed by atoms with Gasteiger partial charge in [-0.25, -0.2) is 9.36 Å². The van der Waals surface area contributed by atoms with Crippen molar-refractivity contribution in [1.29, 1.82) is 0 Å². The molecule has 2 radical (unpaired) electrons. The van der Waals surface area contributed by atoms with E-state index < -0.39 is 38.1 Å². The number of benzene rings is 1. The van der Waals surface area contributed by atoms with Crippen LogP contribution in [0.15, 0.2) is 42.5 Å². The van der Waals surface area contributed by atoms with E-state index in [4.69, 9.17) is 38.8 Å². The number of phosphoric ester groups is 1. The van der Waals surface area contributed by atoms with Crippen LogP contribution in [0.4, 0.5) is 4.79 Å². The lowest BCUT2D eigenvalue weighted by atomic mass is 9.82. The molecule has 2 rings (SSSR count). The minimum absolute atomic E-state index is 0.0484. The van der Waals surface area contributed by atoms with Gasteiger partial charge in [-0.15, -0.1) is 0 Å². The third-order valence-electron chi connectivity index (χ3n) is 8.82. The highest BCUT2D eigenvalue weighted by Gasteiger charge is 2.46. The fraction of sp³-hybridized carbons (Fsp3) is 0.730. The predicted octanol–water partition coefficient (Wildman–Crippen LogP) is 8.65. The summed E-state index contributed by atoms with van der Waals surface area (Å²) in [4.78, 5) is 22.2. The topological polar surface area (TPSA) is 125 Å². The van der Waals surface area contributed by atoms with Crippen LogP contribution >= 0.6 is 20.0 Å². The molecule has 0 spiro atoms. The van der Waals surface area contributed by atoms with Crippen LogP contribution in [0.1, 0.15) is 122 Å². The summed E-state index contributed by atoms with van der Waals surface area (Å²) in [5.74, 6) is -0.462. The molecular weight excluding hydrogens is 674 g/mol. The molecule has 13 heteroatoms. The lowest BCUT2D eigenvalue weighted by Crippen LogP contribution is -2.36. The van der Waals surface area contributed by atoms with Crippen molar-refractivity contribution < 1.29 is 37.5 Å². The summed E-state index contributed by atoms with van der Waals surface area (Å²) in [6.45, 7) is 3.76. The zero-order valence-corrected chi connectivity index (χ0v) is 32.1. The number of carbonyl (C=O) groups is 1. The molecule has 1 fully saturated rings. The number of ether oxygens (including phenoxy) is 3. The molecule has 0 saturated carbocycles. The monoisotopic (exact) mass is 736 g/mol. The normalized spacial score (nSPS) is 20.1. The van der Waals surface area contributed by atoms with Crippen LogP contribution < -0.4 is 10.6 Å². The number of unbranched alkanes of at least 4 members (excludes halogenated alkanes) is 14. The third-order valence-corrected chi connectivity index (χ3v) is 10.1. The molecule has 1 aromatic rings. The fourth-order valence-electron chi connectivity index (χ4n) is 5.86. The molecule has 10 nitrogen and oxygen atoms in total. The molecule has 0 aliphatic carbocycles. The summed E-state index contributed by atoms with van der Waals surface area (Å²) in [5.41, 5.74) is 0.810. The van der Waals surface area contributed by atoms with Gasteiger partial charge in [-0.3, -0.25) is 9.05 Å². The van der Waals surface area contributed by atoms with E-state index in [9.17, 15) is 14.3 Å². The van der Waals surface area contributed by atoms with Crippen molar-refractivity contribution in [2.24, 2.45) is 5.92 Å². The standard InChI is InChI=1S/C37H62BN2O8PS/c1-3-4-5-6-7-8-9-10-11-12-13-16-22-27-39-36(50)40-28-23-17-14-15-21-26-32-34(48-49(42,43)44-2)33(47-35(32)38)30-46-37(41)45-29-31-24-19-18-20-25-31/h15,18-21,24-25,32-35H,3-14,16-17,22-23,26-30H2,1-2H3,(H,42,43)(H2,39,40,50)/b21-15+/t32?,33-,34-,35-/m1/s1. The van der Waals surface area contributed by atoms with Gasteiger partial charge in [0.25, 0.3) is 0 Å². The van der Waals surface area contributed by atoms with E-state index in [-0.39, 0.29) is 13.2 Å². The van der Waals surface area contributed by atoms with Gasteiger partial charge in [0.05, 0.1) is 0 Å². The third kappa shape index (κ3) is 20.8. The first-order chi connectivity index (χ1) is 24.3. The van der Waals surface area contributed by atoms with Crippen LogP contribution in [0.2, 0.25) is 0 Å². The second kappa shape index (κ2) is 27.7. The Morgan fingerprint density at radius 2 is 1.48 bits per heavy atom. The zero-order valence-electron chi connectivity index (χ0n) is 30.4. The molecule has 1 aliphatic heterocycles. The van der Waals surface area contributed by atoms with E-state index in [1.807, 2.05) is 36.4 Å². The lowest BCUT2D eigenvalue weighted by Gasteiger charge is -2.24. The minimum atomic E-state index is -4.37. The summed E-state index contributed by atoms with van der Waals surface area (Å²) in [5, 5.41) is 7.31. The molecule has 3 N–H and O–H groups in total. The Kier molecular flexibility index (Phi) is 24.5. The molecular formula is C37H62BN2O8PS. The van der Waals surface area contributed by atoms with Crippen LogP contribution in [0.3, 0.4) is 0 Å². The number of hydrogen-bond donors (Lipinski definition) is 3. The predicted molar refractivity (Wildman–Crippen MR) is 204 cm³/mol. The number of nitrogens with one attached hydrogen (secondary N) is 2. The Morgan fingerprint density at radius 1 is 0.900 bits per heavy atom. The van der Waals surface area contributed by atoms with Gasteiger partial charge >= 0.3 is 14.0 Å². The highest BCUT2D eigenvalue weighted by molar-refractivity contribution is 7.80. The SMILES string of the molecule is [B][C@@H]1O[C@H](COC(=O)OCc2ccccc2)[C@H](OP(=O)(O)OC)C1C/C=C/CCCCNC(=S)NCCCCCCCCCCCCCCC. The van der Waals surface area contributed by atoms with Crippen molar-refractivity contribution >= 4 is 39.2 Å². The van der Waals surface area contributed by atoms with Crippen LogP contribution in [0.5, 0.6) is 0 Å². The van der Waals surface area contributed by atoms with Crippen LogP contribution in [-0.4, -0.2) is 69.0 Å². The molecule has 1 aromatic carbocycles. The molecule has 5 atom stereocenters. The first kappa shape index (κ1) is 44.2. The van der Waals surface area contributed by atoms with Gasteiger partial charge in [-0.1, -0.05) is 126 Å². The van der Waals surface area contributed by atoms with Crippen molar-refractivity contribution in [3.8, 4) is 0 Å². The largest absolute Gasteiger partial charge is 0.508 e. The van der Waals surface area contributed by atoms with Crippen molar-refractivity contribution in [1.82, 2.24) is 10.6 Å². The van der Waals surface area contributed by atoms with Crippen LogP contribution in [-0.2, 0) is 34.4 Å². The van der Waals surface area contributed by atoms with E-state index in [2.05, 4.69) is 28.2 Å². The van der Waals surface area contributed by atoms with Crippen molar-refractivity contribution in [3.05, 3.63) is 48.0 Å². The minimum Gasteiger partial charge on any atom is -0.431 e. The Morgan fingerprint density at radius 3 is 2.08 bits per heavy atom. The van der Waals surface area contributed by atoms with Gasteiger partial charge in [0.15, 0.2) is 5.11 Å². The van der Waals surface area contributed by atoms with Crippen molar-refractivity contribution in [3.63, 3.8) is 0 Å². The molecule has 1 heterocycles. The molecule has 1 saturated heterocycles. The molecule has 0 bridgehead atoms. The van der Waals surface area contributed by atoms with E-state index in [0.717, 1.165) is 51.4 Å². The van der Waals surface area contributed by atoms with Gasteiger partial charge < -0.3 is 29.7 Å². The molecule has 0 amide bonds. The van der Waals surface area contributed by atoms with Crippen LogP contribution in [0, 0.1) is 5.92 Å². The molecule has 282 valence electrons. The number of allylic oxidation sites excluding steroid dienone is 2. The molecule has 50 heavy (non-hydrogen) atoms. The second-order valence-corrected chi connectivity index (χ2v) is 14.9. The number of thiocarbonyl (C=S) groups is 1. The van der Waals surface area contributed by atoms with Gasteiger partial charge in [0.2, 0.25) is 0 Å². The first-order valence-electron chi connectivity index (χ1n) is 18.7. The Hall–Kier alpha value is -1.95. The summed E-state index contributed by atoms with van der Waals surface area (Å²) < 4.78 is 38.4. The summed E-state index contributed by atoms with van der Waals surface area (Å²) in [6, 6.07) is 8.39. The van der Waals surface area contributed by atoms with E-state index in [1.165, 1.54) is 77.0 Å². The van der Waals surface area contributed by atoms with Gasteiger partial charge in [-0.2, -0.15) is 0 Å². The number of hydrogen-bond acceptors (Lipinski definition) is 8. The summed E-state index contributed by atoms with van der Waals surface area (Å²) in [7, 11) is 2.94. The van der Waals surface area contributed by atoms with Crippen molar-refractivity contribution in [2.75, 3.05) is 26.8 Å². The van der Waals surface area contributed by atoms with E-state index >= 15 is 0 Å². The van der Waals surface area contributed by atoms with Crippen LogP contribution in [0.25, 0.3) is 0 Å². The molecule has 1 aliphatic rings. The Bertz CT molecular complexity index is 1120. The van der Waals surface area contributed by atoms with E-state index in [0.29, 0.717) is 11.5 Å². The van der Waals surface area contributed by atoms with Gasteiger partial charge in [0.1, 0.15) is 33.3 Å². The van der Waals surface area contributed by atoms with Gasteiger partial charge in [-0.05, 0) is 49.9 Å². The maximum Gasteiger partial charge on any atom is 0.508 e. The average Bonchev–Trinajstić information content (AvgIpc) is 3.40. The zero-order chi connectivity index (χ0) is 36.3. The maximum absolute atomic E-state index is 12.3. The van der Waals surface area contributed by atoms with E-state index in [1.54, 1.807) is 0 Å².